The van der Waals surface area contributed by atoms with Crippen LogP contribution in [-0.2, 0) is 13.0 Å². The molecule has 0 aliphatic heterocycles. The van der Waals surface area contributed by atoms with Gasteiger partial charge in [-0.05, 0) is 12.5 Å². The second-order valence-corrected chi connectivity index (χ2v) is 5.00. The molecule has 0 bridgehead atoms. The molecule has 0 spiro atoms. The average Bonchev–Trinajstić information content (AvgIpc) is 2.93. The summed E-state index contributed by atoms with van der Waals surface area (Å²) in [4.78, 5) is 4.27. The Bertz CT molecular complexity index is 523. The maximum Gasteiger partial charge on any atom is 0.240 e. The summed E-state index contributed by atoms with van der Waals surface area (Å²) >= 11 is 0. The van der Waals surface area contributed by atoms with E-state index in [0.717, 1.165) is 5.56 Å². The summed E-state index contributed by atoms with van der Waals surface area (Å²) in [5.74, 6) is 1.05. The molecule has 20 heavy (non-hydrogen) atoms. The molecule has 0 amide bonds. The van der Waals surface area contributed by atoms with E-state index in [0.29, 0.717) is 24.7 Å². The van der Waals surface area contributed by atoms with Gasteiger partial charge in [0.25, 0.3) is 0 Å². The molecule has 0 fully saturated rings. The number of benzene rings is 1. The van der Waals surface area contributed by atoms with Gasteiger partial charge in [0, 0.05) is 6.42 Å². The molecule has 0 saturated carbocycles. The Morgan fingerprint density at radius 2 is 1.90 bits per heavy atom. The number of hydrogen-bond donors (Lipinski definition) is 3. The highest BCUT2D eigenvalue weighted by molar-refractivity contribution is 5.18. The van der Waals surface area contributed by atoms with Gasteiger partial charge in [0.1, 0.15) is 0 Å². The van der Waals surface area contributed by atoms with E-state index in [2.05, 4.69) is 15.5 Å². The molecule has 0 atom stereocenters. The van der Waals surface area contributed by atoms with Crippen molar-refractivity contribution in [2.75, 3.05) is 13.2 Å². The Morgan fingerprint density at radius 3 is 2.55 bits per heavy atom. The number of nitrogens with one attached hydrogen (secondary N) is 1. The van der Waals surface area contributed by atoms with Crippen molar-refractivity contribution >= 4 is 0 Å². The Labute approximate surface area is 117 Å². The van der Waals surface area contributed by atoms with Crippen LogP contribution in [0, 0.1) is 0 Å². The molecule has 6 heteroatoms. The standard InChI is InChI=1S/C14H19N3O3/c1-14(9-18,10-19)15-8-13-16-12(17-20-13)7-11-5-3-2-4-6-11/h2-6,15,18-19H,7-10H2,1H3. The Hall–Kier alpha value is -1.76. The first-order valence-electron chi connectivity index (χ1n) is 6.47. The normalized spacial score (nSPS) is 11.8. The van der Waals surface area contributed by atoms with E-state index in [1.54, 1.807) is 6.92 Å². The van der Waals surface area contributed by atoms with Crippen molar-refractivity contribution in [3.05, 3.63) is 47.6 Å². The zero-order valence-corrected chi connectivity index (χ0v) is 11.4. The fraction of sp³-hybridized carbons (Fsp3) is 0.429. The lowest BCUT2D eigenvalue weighted by molar-refractivity contribution is 0.100. The molecule has 0 saturated heterocycles. The molecule has 0 aliphatic rings. The summed E-state index contributed by atoms with van der Waals surface area (Å²) in [6.07, 6.45) is 0.613. The largest absolute Gasteiger partial charge is 0.394 e. The molecule has 1 heterocycles. The van der Waals surface area contributed by atoms with Crippen molar-refractivity contribution in [3.8, 4) is 0 Å². The van der Waals surface area contributed by atoms with Gasteiger partial charge in [0.15, 0.2) is 5.82 Å². The van der Waals surface area contributed by atoms with Gasteiger partial charge >= 0.3 is 0 Å². The molecule has 0 unspecified atom stereocenters. The van der Waals surface area contributed by atoms with Crippen LogP contribution in [0.1, 0.15) is 24.2 Å². The first kappa shape index (κ1) is 14.6. The van der Waals surface area contributed by atoms with Crippen LogP contribution in [0.25, 0.3) is 0 Å². The zero-order valence-electron chi connectivity index (χ0n) is 11.4. The number of nitrogens with zero attached hydrogens (tertiary/aromatic N) is 2. The van der Waals surface area contributed by atoms with E-state index in [9.17, 15) is 10.2 Å². The number of aliphatic hydroxyl groups excluding tert-OH is 2. The first-order valence-corrected chi connectivity index (χ1v) is 6.47. The quantitative estimate of drug-likeness (QED) is 0.682. The first-order chi connectivity index (χ1) is 9.65. The van der Waals surface area contributed by atoms with Crippen LogP contribution in [0.15, 0.2) is 34.9 Å². The predicted molar refractivity (Wildman–Crippen MR) is 73.0 cm³/mol. The van der Waals surface area contributed by atoms with Crippen LogP contribution < -0.4 is 5.32 Å². The van der Waals surface area contributed by atoms with Gasteiger partial charge in [-0.1, -0.05) is 35.5 Å². The second-order valence-electron chi connectivity index (χ2n) is 5.00. The van der Waals surface area contributed by atoms with Gasteiger partial charge in [-0.2, -0.15) is 4.98 Å². The van der Waals surface area contributed by atoms with Gasteiger partial charge in [-0.15, -0.1) is 0 Å². The highest BCUT2D eigenvalue weighted by Crippen LogP contribution is 2.08. The zero-order chi connectivity index (χ0) is 14.4. The molecule has 1 aromatic heterocycles. The average molecular weight is 277 g/mol. The number of aliphatic hydroxyl groups is 2. The molecule has 108 valence electrons. The topological polar surface area (TPSA) is 91.4 Å². The highest BCUT2D eigenvalue weighted by atomic mass is 16.5. The van der Waals surface area contributed by atoms with E-state index >= 15 is 0 Å². The molecule has 1 aromatic carbocycles. The third-order valence-electron chi connectivity index (χ3n) is 3.08. The smallest absolute Gasteiger partial charge is 0.240 e. The Morgan fingerprint density at radius 1 is 1.20 bits per heavy atom. The van der Waals surface area contributed by atoms with E-state index in [-0.39, 0.29) is 13.2 Å². The summed E-state index contributed by atoms with van der Waals surface area (Å²) in [7, 11) is 0. The van der Waals surface area contributed by atoms with Gasteiger partial charge in [-0.3, -0.25) is 5.32 Å². The number of aromatic nitrogens is 2. The lowest BCUT2D eigenvalue weighted by Gasteiger charge is -2.25. The minimum absolute atomic E-state index is 0.172. The van der Waals surface area contributed by atoms with Crippen LogP contribution >= 0.6 is 0 Å². The SMILES string of the molecule is CC(CO)(CO)NCc1nc(Cc2ccccc2)no1. The van der Waals surface area contributed by atoms with Crippen LogP contribution in [-0.4, -0.2) is 39.1 Å². The summed E-state index contributed by atoms with van der Waals surface area (Å²) in [5.41, 5.74) is 0.358. The Balaban J connectivity index is 1.93. The third kappa shape index (κ3) is 3.86. The highest BCUT2D eigenvalue weighted by Gasteiger charge is 2.22. The lowest BCUT2D eigenvalue weighted by Crippen LogP contribution is -2.48. The number of rotatable bonds is 7. The molecule has 6 nitrogen and oxygen atoms in total. The maximum absolute atomic E-state index is 9.17. The molecule has 0 aliphatic carbocycles. The van der Waals surface area contributed by atoms with E-state index in [1.165, 1.54) is 0 Å². The molecule has 2 rings (SSSR count). The van der Waals surface area contributed by atoms with Crippen molar-refractivity contribution in [1.82, 2.24) is 15.5 Å². The summed E-state index contributed by atoms with van der Waals surface area (Å²) in [6, 6.07) is 9.89. The minimum Gasteiger partial charge on any atom is -0.394 e. The van der Waals surface area contributed by atoms with Crippen LogP contribution in [0.4, 0.5) is 0 Å². The molecular formula is C14H19N3O3. The van der Waals surface area contributed by atoms with Gasteiger partial charge in [0.05, 0.1) is 25.3 Å². The molecule has 0 radical (unpaired) electrons. The molecular weight excluding hydrogens is 258 g/mol. The van der Waals surface area contributed by atoms with Crippen LogP contribution in [0.5, 0.6) is 0 Å². The van der Waals surface area contributed by atoms with Crippen molar-refractivity contribution in [3.63, 3.8) is 0 Å². The summed E-state index contributed by atoms with van der Waals surface area (Å²) in [6.45, 7) is 1.68. The van der Waals surface area contributed by atoms with Gasteiger partial charge < -0.3 is 14.7 Å². The van der Waals surface area contributed by atoms with Crippen LogP contribution in [0.2, 0.25) is 0 Å². The van der Waals surface area contributed by atoms with Crippen molar-refractivity contribution in [2.45, 2.75) is 25.4 Å². The van der Waals surface area contributed by atoms with Gasteiger partial charge in [0.2, 0.25) is 5.89 Å². The third-order valence-corrected chi connectivity index (χ3v) is 3.08. The van der Waals surface area contributed by atoms with E-state index in [4.69, 9.17) is 4.52 Å². The van der Waals surface area contributed by atoms with Crippen LogP contribution in [0.3, 0.4) is 0 Å². The van der Waals surface area contributed by atoms with E-state index in [1.807, 2.05) is 30.3 Å². The van der Waals surface area contributed by atoms with Crippen molar-refractivity contribution < 1.29 is 14.7 Å². The maximum atomic E-state index is 9.17. The minimum atomic E-state index is -0.756. The number of hydrogen-bond acceptors (Lipinski definition) is 6. The van der Waals surface area contributed by atoms with Crippen molar-refractivity contribution in [2.24, 2.45) is 0 Å². The van der Waals surface area contributed by atoms with E-state index < -0.39 is 5.54 Å². The molecule has 2 aromatic rings. The van der Waals surface area contributed by atoms with Crippen molar-refractivity contribution in [1.29, 1.82) is 0 Å². The Kier molecular flexibility index (Phi) is 4.84. The lowest BCUT2D eigenvalue weighted by atomic mass is 10.1. The fourth-order valence-electron chi connectivity index (χ4n) is 1.66. The fourth-order valence-corrected chi connectivity index (χ4v) is 1.66. The predicted octanol–water partition coefficient (Wildman–Crippen LogP) is 0.493. The second kappa shape index (κ2) is 6.60. The summed E-state index contributed by atoms with van der Waals surface area (Å²) in [5, 5.41) is 25.3. The summed E-state index contributed by atoms with van der Waals surface area (Å²) < 4.78 is 5.13. The monoisotopic (exact) mass is 277 g/mol. The molecule has 3 N–H and O–H groups in total. The van der Waals surface area contributed by atoms with Gasteiger partial charge in [-0.25, -0.2) is 0 Å².